The van der Waals surface area contributed by atoms with E-state index in [1.54, 1.807) is 11.8 Å². The maximum Gasteiger partial charge on any atom is 0.104 e. The third kappa shape index (κ3) is 3.71. The van der Waals surface area contributed by atoms with Crippen LogP contribution in [0.4, 0.5) is 0 Å². The largest absolute Gasteiger partial charge is 0.265 e. The second kappa shape index (κ2) is 7.30. The van der Waals surface area contributed by atoms with E-state index in [0.717, 1.165) is 15.6 Å². The fraction of sp³-hybridized carbons (Fsp3) is 0.0455. The van der Waals surface area contributed by atoms with E-state index in [1.165, 1.54) is 16.0 Å². The Labute approximate surface area is 157 Å². The second-order valence-electron chi connectivity index (χ2n) is 5.80. The number of thioether (sulfide) groups is 1. The van der Waals surface area contributed by atoms with Gasteiger partial charge in [0, 0.05) is 15.5 Å². The van der Waals surface area contributed by atoms with Crippen molar-refractivity contribution in [3.8, 4) is 0 Å². The monoisotopic (exact) mass is 361 g/mol. The lowest BCUT2D eigenvalue weighted by Gasteiger charge is -2.21. The minimum atomic E-state index is 0.0170. The Hall–Kier alpha value is -2.29. The maximum atomic E-state index is 6.04. The first kappa shape index (κ1) is 16.2. The summed E-state index contributed by atoms with van der Waals surface area (Å²) in [5.41, 5.74) is 3.51. The topological polar surface area (TPSA) is 12.4 Å². The molecule has 0 aromatic heterocycles. The van der Waals surface area contributed by atoms with Crippen LogP contribution in [0.2, 0.25) is 5.02 Å². The molecular formula is C22H16ClNS. The molecule has 1 heterocycles. The molecule has 0 radical (unpaired) electrons. The average Bonchev–Trinajstić information content (AvgIpc) is 2.69. The Kier molecular flexibility index (Phi) is 4.73. The first-order valence-electron chi connectivity index (χ1n) is 8.13. The van der Waals surface area contributed by atoms with Gasteiger partial charge in [-0.15, -0.1) is 0 Å². The normalized spacial score (nSPS) is 16.9. The number of halogens is 1. The number of hydrogen-bond acceptors (Lipinski definition) is 2. The molecule has 3 aromatic carbocycles. The minimum absolute atomic E-state index is 0.0170. The van der Waals surface area contributed by atoms with E-state index < -0.39 is 0 Å². The molecule has 1 aliphatic rings. The van der Waals surface area contributed by atoms with Crippen molar-refractivity contribution >= 4 is 33.3 Å². The van der Waals surface area contributed by atoms with E-state index in [0.29, 0.717) is 0 Å². The lowest BCUT2D eigenvalue weighted by molar-refractivity contribution is 0.918. The highest BCUT2D eigenvalue weighted by Gasteiger charge is 2.20. The summed E-state index contributed by atoms with van der Waals surface area (Å²) in [5.74, 6) is 0. The molecule has 0 saturated heterocycles. The molecule has 0 saturated carbocycles. The molecule has 0 spiro atoms. The van der Waals surface area contributed by atoms with Gasteiger partial charge in [0.15, 0.2) is 0 Å². The van der Waals surface area contributed by atoms with Crippen LogP contribution in [0.1, 0.15) is 22.7 Å². The predicted molar refractivity (Wildman–Crippen MR) is 109 cm³/mol. The van der Waals surface area contributed by atoms with E-state index in [9.17, 15) is 0 Å². The second-order valence-corrected chi connectivity index (χ2v) is 7.26. The van der Waals surface area contributed by atoms with Crippen LogP contribution in [-0.4, -0.2) is 5.04 Å². The van der Waals surface area contributed by atoms with E-state index in [4.69, 9.17) is 16.6 Å². The third-order valence-electron chi connectivity index (χ3n) is 4.06. The summed E-state index contributed by atoms with van der Waals surface area (Å²) in [7, 11) is 0. The molecule has 25 heavy (non-hydrogen) atoms. The van der Waals surface area contributed by atoms with Crippen molar-refractivity contribution in [3.63, 3.8) is 0 Å². The zero-order chi connectivity index (χ0) is 17.1. The van der Waals surface area contributed by atoms with E-state index >= 15 is 0 Å². The molecule has 1 aliphatic heterocycles. The van der Waals surface area contributed by atoms with Gasteiger partial charge in [0.1, 0.15) is 5.04 Å². The Morgan fingerprint density at radius 1 is 0.720 bits per heavy atom. The lowest BCUT2D eigenvalue weighted by atomic mass is 10.1. The first-order chi connectivity index (χ1) is 12.3. The van der Waals surface area contributed by atoms with E-state index in [2.05, 4.69) is 54.6 Å². The molecule has 0 N–H and O–H groups in total. The molecule has 1 unspecified atom stereocenters. The van der Waals surface area contributed by atoms with Gasteiger partial charge in [-0.05, 0) is 29.3 Å². The Balaban J connectivity index is 1.77. The molecule has 3 heteroatoms. The summed E-state index contributed by atoms with van der Waals surface area (Å²) < 4.78 is 0. The van der Waals surface area contributed by atoms with Crippen LogP contribution in [0.25, 0.3) is 4.91 Å². The third-order valence-corrected chi connectivity index (χ3v) is 5.44. The summed E-state index contributed by atoms with van der Waals surface area (Å²) in [4.78, 5) is 6.22. The Bertz CT molecular complexity index is 915. The standard InChI is InChI=1S/C22H16ClNS/c23-19-13-11-18(12-14-19)22-24-20(16-7-3-1-4-8-16)15-21(25-22)17-9-5-2-6-10-17/h1-15,20H. The van der Waals surface area contributed by atoms with Crippen LogP contribution in [0, 0.1) is 0 Å². The Morgan fingerprint density at radius 3 is 2.04 bits per heavy atom. The van der Waals surface area contributed by atoms with Crippen LogP contribution in [0.5, 0.6) is 0 Å². The molecule has 122 valence electrons. The van der Waals surface area contributed by atoms with E-state index in [-0.39, 0.29) is 6.04 Å². The molecule has 3 aromatic rings. The fourth-order valence-corrected chi connectivity index (χ4v) is 3.98. The van der Waals surface area contributed by atoms with Gasteiger partial charge >= 0.3 is 0 Å². The number of hydrogen-bond donors (Lipinski definition) is 0. The van der Waals surface area contributed by atoms with Gasteiger partial charge in [-0.2, -0.15) is 0 Å². The molecule has 0 amide bonds. The van der Waals surface area contributed by atoms with Gasteiger partial charge in [-0.25, -0.2) is 0 Å². The molecule has 1 atom stereocenters. The van der Waals surface area contributed by atoms with Crippen LogP contribution in [0.15, 0.2) is 96.0 Å². The smallest absolute Gasteiger partial charge is 0.104 e. The summed E-state index contributed by atoms with van der Waals surface area (Å²) in [6, 6.07) is 28.8. The number of rotatable bonds is 3. The fourth-order valence-electron chi connectivity index (χ4n) is 2.78. The SMILES string of the molecule is Clc1ccc(C2=NC(c3ccccc3)C=C(c3ccccc3)S2)cc1. The van der Waals surface area contributed by atoms with Crippen molar-refractivity contribution in [2.24, 2.45) is 4.99 Å². The lowest BCUT2D eigenvalue weighted by Crippen LogP contribution is -2.06. The summed E-state index contributed by atoms with van der Waals surface area (Å²) in [6.45, 7) is 0. The zero-order valence-electron chi connectivity index (χ0n) is 13.5. The van der Waals surface area contributed by atoms with Crippen molar-refractivity contribution in [3.05, 3.63) is 113 Å². The predicted octanol–water partition coefficient (Wildman–Crippen LogP) is 6.62. The zero-order valence-corrected chi connectivity index (χ0v) is 15.0. The molecule has 1 nitrogen and oxygen atoms in total. The highest BCUT2D eigenvalue weighted by atomic mass is 35.5. The van der Waals surface area contributed by atoms with Gasteiger partial charge in [-0.1, -0.05) is 96.2 Å². The van der Waals surface area contributed by atoms with Gasteiger partial charge in [0.25, 0.3) is 0 Å². The maximum absolute atomic E-state index is 6.04. The van der Waals surface area contributed by atoms with Crippen LogP contribution in [-0.2, 0) is 0 Å². The van der Waals surface area contributed by atoms with Gasteiger partial charge in [-0.3, -0.25) is 4.99 Å². The minimum Gasteiger partial charge on any atom is -0.265 e. The van der Waals surface area contributed by atoms with Crippen LogP contribution < -0.4 is 0 Å². The molecular weight excluding hydrogens is 346 g/mol. The molecule has 4 rings (SSSR count). The van der Waals surface area contributed by atoms with E-state index in [1.807, 2.05) is 36.4 Å². The molecule has 0 fully saturated rings. The van der Waals surface area contributed by atoms with Gasteiger partial charge < -0.3 is 0 Å². The van der Waals surface area contributed by atoms with Gasteiger partial charge in [0.2, 0.25) is 0 Å². The summed E-state index contributed by atoms with van der Waals surface area (Å²) in [6.07, 6.45) is 2.24. The molecule has 0 aliphatic carbocycles. The number of nitrogens with zero attached hydrogens (tertiary/aromatic N) is 1. The van der Waals surface area contributed by atoms with Crippen LogP contribution in [0.3, 0.4) is 0 Å². The van der Waals surface area contributed by atoms with Gasteiger partial charge in [0.05, 0.1) is 6.04 Å². The molecule has 0 bridgehead atoms. The highest BCUT2D eigenvalue weighted by molar-refractivity contribution is 8.22. The van der Waals surface area contributed by atoms with Crippen molar-refractivity contribution in [1.82, 2.24) is 0 Å². The van der Waals surface area contributed by atoms with Crippen LogP contribution >= 0.6 is 23.4 Å². The van der Waals surface area contributed by atoms with Crippen molar-refractivity contribution < 1.29 is 0 Å². The quantitative estimate of drug-likeness (QED) is 0.510. The first-order valence-corrected chi connectivity index (χ1v) is 9.33. The summed E-state index contributed by atoms with van der Waals surface area (Å²) >= 11 is 7.75. The Morgan fingerprint density at radius 2 is 1.36 bits per heavy atom. The number of benzene rings is 3. The highest BCUT2D eigenvalue weighted by Crippen LogP contribution is 2.39. The average molecular weight is 362 g/mol. The van der Waals surface area contributed by atoms with Crippen molar-refractivity contribution in [2.45, 2.75) is 6.04 Å². The number of aliphatic imine (C=N–C) groups is 1. The van der Waals surface area contributed by atoms with Crippen molar-refractivity contribution in [1.29, 1.82) is 0 Å². The summed E-state index contributed by atoms with van der Waals surface area (Å²) in [5, 5.41) is 1.76. The van der Waals surface area contributed by atoms with Crippen molar-refractivity contribution in [2.75, 3.05) is 0 Å².